The molecule has 0 aliphatic carbocycles. The number of aliphatic hydroxyl groups excluding tert-OH is 1. The molecule has 1 aromatic rings. The Hall–Kier alpha value is -0.860. The van der Waals surface area contributed by atoms with Gasteiger partial charge < -0.3 is 9.84 Å². The molecule has 0 aromatic heterocycles. The molecule has 0 saturated carbocycles. The molecule has 1 atom stereocenters. The molecule has 0 amide bonds. The summed E-state index contributed by atoms with van der Waals surface area (Å²) in [4.78, 5) is 0. The molecule has 0 fully saturated rings. The number of hydrogen-bond donors (Lipinski definition) is 1. The number of aliphatic hydroxyl groups is 1. The van der Waals surface area contributed by atoms with Crippen LogP contribution in [-0.2, 0) is 11.2 Å². The normalized spacial score (nSPS) is 13.7. The summed E-state index contributed by atoms with van der Waals surface area (Å²) in [5, 5.41) is 10.3. The van der Waals surface area contributed by atoms with Crippen molar-refractivity contribution in [3.8, 4) is 0 Å². The Kier molecular flexibility index (Phi) is 5.16. The van der Waals surface area contributed by atoms with Crippen molar-refractivity contribution in [2.24, 2.45) is 0 Å². The molecule has 0 bridgehead atoms. The highest BCUT2D eigenvalue weighted by Crippen LogP contribution is 2.29. The molecule has 0 spiro atoms. The zero-order valence-corrected chi connectivity index (χ0v) is 11.4. The third-order valence-electron chi connectivity index (χ3n) is 2.98. The molecule has 2 nitrogen and oxygen atoms in total. The summed E-state index contributed by atoms with van der Waals surface area (Å²) in [6.45, 7) is 8.56. The van der Waals surface area contributed by atoms with Crippen LogP contribution in [0.4, 0.5) is 0 Å². The first-order valence-electron chi connectivity index (χ1n) is 6.42. The first-order chi connectivity index (χ1) is 8.01. The summed E-state index contributed by atoms with van der Waals surface area (Å²) in [6, 6.07) is 8.15. The molecule has 0 radical (unpaired) electrons. The fourth-order valence-corrected chi connectivity index (χ4v) is 2.06. The summed E-state index contributed by atoms with van der Waals surface area (Å²) in [7, 11) is 0. The molecule has 0 aliphatic rings. The van der Waals surface area contributed by atoms with E-state index < -0.39 is 11.7 Å². The van der Waals surface area contributed by atoms with E-state index in [2.05, 4.69) is 19.1 Å². The number of hydrogen-bond acceptors (Lipinski definition) is 2. The van der Waals surface area contributed by atoms with Crippen molar-refractivity contribution < 1.29 is 9.84 Å². The summed E-state index contributed by atoms with van der Waals surface area (Å²) >= 11 is 0. The van der Waals surface area contributed by atoms with Gasteiger partial charge in [0.2, 0.25) is 0 Å². The van der Waals surface area contributed by atoms with E-state index in [0.29, 0.717) is 6.61 Å². The monoisotopic (exact) mass is 236 g/mol. The zero-order chi connectivity index (χ0) is 12.9. The number of ether oxygens (including phenoxy) is 1. The van der Waals surface area contributed by atoms with Crippen molar-refractivity contribution in [3.63, 3.8) is 0 Å². The average molecular weight is 236 g/mol. The van der Waals surface area contributed by atoms with Crippen LogP contribution < -0.4 is 0 Å². The highest BCUT2D eigenvalue weighted by molar-refractivity contribution is 5.26. The van der Waals surface area contributed by atoms with Crippen molar-refractivity contribution in [1.29, 1.82) is 0 Å². The molecule has 2 heteroatoms. The van der Waals surface area contributed by atoms with E-state index in [0.717, 1.165) is 18.4 Å². The van der Waals surface area contributed by atoms with Crippen LogP contribution >= 0.6 is 0 Å². The van der Waals surface area contributed by atoms with Gasteiger partial charge in [-0.25, -0.2) is 0 Å². The number of aryl methyl sites for hydroxylation is 1. The van der Waals surface area contributed by atoms with Crippen LogP contribution in [-0.4, -0.2) is 17.3 Å². The Labute approximate surface area is 105 Å². The number of benzene rings is 1. The van der Waals surface area contributed by atoms with Gasteiger partial charge in [-0.05, 0) is 38.3 Å². The first-order valence-corrected chi connectivity index (χ1v) is 6.42. The van der Waals surface area contributed by atoms with Gasteiger partial charge in [-0.2, -0.15) is 0 Å². The van der Waals surface area contributed by atoms with Gasteiger partial charge in [-0.15, -0.1) is 0 Å². The topological polar surface area (TPSA) is 29.5 Å². The molecule has 0 aliphatic heterocycles. The van der Waals surface area contributed by atoms with E-state index in [9.17, 15) is 5.11 Å². The van der Waals surface area contributed by atoms with Crippen LogP contribution in [0.15, 0.2) is 24.3 Å². The van der Waals surface area contributed by atoms with E-state index in [1.807, 2.05) is 32.9 Å². The quantitative estimate of drug-likeness (QED) is 0.819. The number of rotatable bonds is 6. The van der Waals surface area contributed by atoms with Crippen molar-refractivity contribution in [3.05, 3.63) is 35.4 Å². The Morgan fingerprint density at radius 1 is 1.29 bits per heavy atom. The van der Waals surface area contributed by atoms with Gasteiger partial charge in [-0.1, -0.05) is 37.6 Å². The Morgan fingerprint density at radius 3 is 2.59 bits per heavy atom. The third kappa shape index (κ3) is 3.83. The van der Waals surface area contributed by atoms with Gasteiger partial charge in [0, 0.05) is 6.61 Å². The van der Waals surface area contributed by atoms with Crippen LogP contribution in [0.25, 0.3) is 0 Å². The van der Waals surface area contributed by atoms with Gasteiger partial charge in [0.1, 0.15) is 6.10 Å². The summed E-state index contributed by atoms with van der Waals surface area (Å²) < 4.78 is 5.60. The van der Waals surface area contributed by atoms with Crippen molar-refractivity contribution >= 4 is 0 Å². The molecule has 1 unspecified atom stereocenters. The van der Waals surface area contributed by atoms with Crippen LogP contribution in [0.2, 0.25) is 0 Å². The Morgan fingerprint density at radius 2 is 2.00 bits per heavy atom. The van der Waals surface area contributed by atoms with Crippen LogP contribution in [0.5, 0.6) is 0 Å². The minimum atomic E-state index is -0.584. The second-order valence-corrected chi connectivity index (χ2v) is 4.93. The Balaban J connectivity index is 2.87. The summed E-state index contributed by atoms with van der Waals surface area (Å²) in [6.07, 6.45) is 1.59. The van der Waals surface area contributed by atoms with Crippen molar-refractivity contribution in [2.75, 3.05) is 6.61 Å². The lowest BCUT2D eigenvalue weighted by Crippen LogP contribution is -2.32. The second-order valence-electron chi connectivity index (χ2n) is 4.93. The molecule has 17 heavy (non-hydrogen) atoms. The van der Waals surface area contributed by atoms with Crippen LogP contribution in [0.3, 0.4) is 0 Å². The molecule has 1 aromatic carbocycles. The van der Waals surface area contributed by atoms with Gasteiger partial charge in [0.15, 0.2) is 0 Å². The minimum Gasteiger partial charge on any atom is -0.385 e. The smallest absolute Gasteiger partial charge is 0.107 e. The molecule has 1 rings (SSSR count). The standard InChI is InChI=1S/C15H24O2/c1-5-8-12-9-7-10-13(11-12)14(16)15(3,4)17-6-2/h7,9-11,14,16H,5-6,8H2,1-4H3. The van der Waals surface area contributed by atoms with E-state index >= 15 is 0 Å². The van der Waals surface area contributed by atoms with Crippen LogP contribution in [0.1, 0.15) is 51.3 Å². The van der Waals surface area contributed by atoms with Gasteiger partial charge in [0.05, 0.1) is 5.60 Å². The highest BCUT2D eigenvalue weighted by Gasteiger charge is 2.29. The lowest BCUT2D eigenvalue weighted by Gasteiger charge is -2.30. The minimum absolute atomic E-state index is 0.542. The third-order valence-corrected chi connectivity index (χ3v) is 2.98. The Bertz CT molecular complexity index is 345. The predicted molar refractivity (Wildman–Crippen MR) is 71.1 cm³/mol. The van der Waals surface area contributed by atoms with Crippen molar-refractivity contribution in [2.45, 2.75) is 52.2 Å². The largest absolute Gasteiger partial charge is 0.385 e. The lowest BCUT2D eigenvalue weighted by atomic mass is 9.93. The molecule has 0 saturated heterocycles. The molecular weight excluding hydrogens is 212 g/mol. The van der Waals surface area contributed by atoms with Gasteiger partial charge in [-0.3, -0.25) is 0 Å². The van der Waals surface area contributed by atoms with Gasteiger partial charge >= 0.3 is 0 Å². The molecule has 1 N–H and O–H groups in total. The molecule has 0 heterocycles. The van der Waals surface area contributed by atoms with E-state index in [4.69, 9.17) is 4.74 Å². The molecule has 96 valence electrons. The zero-order valence-electron chi connectivity index (χ0n) is 11.4. The summed E-state index contributed by atoms with van der Waals surface area (Å²) in [5.41, 5.74) is 1.67. The van der Waals surface area contributed by atoms with Crippen molar-refractivity contribution in [1.82, 2.24) is 0 Å². The molecular formula is C15H24O2. The average Bonchev–Trinajstić information content (AvgIpc) is 2.29. The second kappa shape index (κ2) is 6.18. The fraction of sp³-hybridized carbons (Fsp3) is 0.600. The van der Waals surface area contributed by atoms with Crippen LogP contribution in [0, 0.1) is 0 Å². The maximum atomic E-state index is 10.3. The van der Waals surface area contributed by atoms with E-state index in [1.54, 1.807) is 0 Å². The van der Waals surface area contributed by atoms with E-state index in [1.165, 1.54) is 5.56 Å². The summed E-state index contributed by atoms with van der Waals surface area (Å²) in [5.74, 6) is 0. The maximum Gasteiger partial charge on any atom is 0.107 e. The first kappa shape index (κ1) is 14.2. The fourth-order valence-electron chi connectivity index (χ4n) is 2.06. The van der Waals surface area contributed by atoms with Gasteiger partial charge in [0.25, 0.3) is 0 Å². The predicted octanol–water partition coefficient (Wildman–Crippen LogP) is 3.49. The highest BCUT2D eigenvalue weighted by atomic mass is 16.5. The lowest BCUT2D eigenvalue weighted by molar-refractivity contribution is -0.0983. The van der Waals surface area contributed by atoms with E-state index in [-0.39, 0.29) is 0 Å². The SMILES string of the molecule is CCCc1cccc(C(O)C(C)(C)OCC)c1. The maximum absolute atomic E-state index is 10.3.